The number of para-hydroxylation sites is 1. The summed E-state index contributed by atoms with van der Waals surface area (Å²) in [6.07, 6.45) is 0. The number of carbonyl (C=O) groups is 2. The number of anilines is 1. The Hall–Kier alpha value is -2.33. The van der Waals surface area contributed by atoms with Crippen LogP contribution in [0.25, 0.3) is 0 Å². The molecule has 4 nitrogen and oxygen atoms in total. The summed E-state index contributed by atoms with van der Waals surface area (Å²) >= 11 is 5.84. The highest BCUT2D eigenvalue weighted by molar-refractivity contribution is 6.39. The van der Waals surface area contributed by atoms with E-state index in [0.717, 1.165) is 5.56 Å². The number of rotatable bonds is 3. The van der Waals surface area contributed by atoms with Crippen LogP contribution in [0.1, 0.15) is 5.56 Å². The fourth-order valence-electron chi connectivity index (χ4n) is 1.62. The van der Waals surface area contributed by atoms with E-state index >= 15 is 0 Å². The van der Waals surface area contributed by atoms with Gasteiger partial charge < -0.3 is 10.6 Å². The van der Waals surface area contributed by atoms with Gasteiger partial charge in [-0.2, -0.15) is 0 Å². The lowest BCUT2D eigenvalue weighted by Gasteiger charge is -2.06. The minimum absolute atomic E-state index is 0.252. The molecule has 102 valence electrons. The van der Waals surface area contributed by atoms with Crippen LogP contribution in [0.2, 0.25) is 5.02 Å². The molecule has 5 heteroatoms. The Labute approximate surface area is 121 Å². The highest BCUT2D eigenvalue weighted by Gasteiger charge is 2.12. The second-order valence-electron chi connectivity index (χ2n) is 4.13. The number of halogens is 1. The molecule has 0 aliphatic carbocycles. The molecule has 0 aliphatic heterocycles. The fraction of sp³-hybridized carbons (Fsp3) is 0.0667. The molecule has 2 N–H and O–H groups in total. The van der Waals surface area contributed by atoms with Crippen LogP contribution in [-0.4, -0.2) is 11.8 Å². The normalized spacial score (nSPS) is 9.85. The highest BCUT2D eigenvalue weighted by atomic mass is 35.5. The Morgan fingerprint density at radius 1 is 0.950 bits per heavy atom. The Morgan fingerprint density at radius 2 is 1.70 bits per heavy atom. The summed E-state index contributed by atoms with van der Waals surface area (Å²) in [5.74, 6) is -1.38. The van der Waals surface area contributed by atoms with Crippen LogP contribution in [0.15, 0.2) is 54.6 Å². The van der Waals surface area contributed by atoms with Crippen molar-refractivity contribution in [2.24, 2.45) is 0 Å². The zero-order valence-corrected chi connectivity index (χ0v) is 11.4. The first-order valence-corrected chi connectivity index (χ1v) is 6.41. The molecule has 2 rings (SSSR count). The predicted molar refractivity (Wildman–Crippen MR) is 78.4 cm³/mol. The van der Waals surface area contributed by atoms with E-state index in [1.54, 1.807) is 42.5 Å². The fourth-order valence-corrected chi connectivity index (χ4v) is 1.83. The summed E-state index contributed by atoms with van der Waals surface area (Å²) in [4.78, 5) is 23.3. The van der Waals surface area contributed by atoms with Crippen LogP contribution in [-0.2, 0) is 16.1 Å². The molecule has 0 spiro atoms. The molecule has 0 heterocycles. The smallest absolute Gasteiger partial charge is 0.313 e. The van der Waals surface area contributed by atoms with E-state index in [-0.39, 0.29) is 6.54 Å². The number of nitrogens with one attached hydrogen (secondary N) is 2. The third-order valence-corrected chi connectivity index (χ3v) is 2.82. The molecule has 0 aromatic heterocycles. The van der Waals surface area contributed by atoms with Gasteiger partial charge in [0.25, 0.3) is 0 Å². The molecule has 0 aliphatic rings. The van der Waals surface area contributed by atoms with E-state index in [9.17, 15) is 9.59 Å². The molecular weight excluding hydrogens is 276 g/mol. The zero-order chi connectivity index (χ0) is 14.4. The van der Waals surface area contributed by atoms with Crippen LogP contribution in [0, 0.1) is 0 Å². The number of hydrogen-bond donors (Lipinski definition) is 2. The molecule has 0 fully saturated rings. The van der Waals surface area contributed by atoms with Crippen molar-refractivity contribution in [2.75, 3.05) is 5.32 Å². The topological polar surface area (TPSA) is 58.2 Å². The predicted octanol–water partition coefficient (Wildman–Crippen LogP) is 2.59. The minimum Gasteiger partial charge on any atom is -0.344 e. The summed E-state index contributed by atoms with van der Waals surface area (Å²) in [5, 5.41) is 5.64. The maximum atomic E-state index is 11.7. The first-order valence-electron chi connectivity index (χ1n) is 6.04. The van der Waals surface area contributed by atoms with Crippen molar-refractivity contribution in [2.45, 2.75) is 6.54 Å². The van der Waals surface area contributed by atoms with Crippen LogP contribution in [0.3, 0.4) is 0 Å². The average molecular weight is 289 g/mol. The molecule has 0 bridgehead atoms. The second kappa shape index (κ2) is 6.73. The van der Waals surface area contributed by atoms with Crippen molar-refractivity contribution < 1.29 is 9.59 Å². The van der Waals surface area contributed by atoms with Crippen molar-refractivity contribution in [1.29, 1.82) is 0 Å². The van der Waals surface area contributed by atoms with Gasteiger partial charge in [-0.05, 0) is 29.8 Å². The molecule has 0 saturated carbocycles. The number of carbonyl (C=O) groups excluding carboxylic acids is 2. The van der Waals surface area contributed by atoms with Crippen molar-refractivity contribution in [3.63, 3.8) is 0 Å². The van der Waals surface area contributed by atoms with Gasteiger partial charge in [0.15, 0.2) is 0 Å². The summed E-state index contributed by atoms with van der Waals surface area (Å²) in [6, 6.07) is 15.9. The molecule has 0 radical (unpaired) electrons. The van der Waals surface area contributed by atoms with E-state index in [4.69, 9.17) is 11.6 Å². The van der Waals surface area contributed by atoms with Crippen LogP contribution < -0.4 is 10.6 Å². The van der Waals surface area contributed by atoms with Gasteiger partial charge in [-0.25, -0.2) is 0 Å². The quantitative estimate of drug-likeness (QED) is 0.853. The van der Waals surface area contributed by atoms with E-state index in [1.165, 1.54) is 0 Å². The molecule has 2 amide bonds. The third kappa shape index (κ3) is 4.10. The summed E-state index contributed by atoms with van der Waals surface area (Å²) in [7, 11) is 0. The number of benzene rings is 2. The second-order valence-corrected chi connectivity index (χ2v) is 4.57. The molecule has 2 aromatic rings. The molecule has 0 atom stereocenters. The van der Waals surface area contributed by atoms with Gasteiger partial charge in [-0.15, -0.1) is 0 Å². The first kappa shape index (κ1) is 14.1. The molecule has 0 saturated heterocycles. The summed E-state index contributed by atoms with van der Waals surface area (Å²) in [5.41, 5.74) is 1.41. The maximum absolute atomic E-state index is 11.7. The van der Waals surface area contributed by atoms with E-state index in [2.05, 4.69) is 10.6 Å². The van der Waals surface area contributed by atoms with E-state index in [0.29, 0.717) is 10.7 Å². The third-order valence-electron chi connectivity index (χ3n) is 2.58. The standard InChI is InChI=1S/C15H13ClN2O2/c16-12-6-4-5-11(9-12)10-17-14(19)15(20)18-13-7-2-1-3-8-13/h1-9H,10H2,(H,17,19)(H,18,20). The Bertz CT molecular complexity index is 614. The van der Waals surface area contributed by atoms with Crippen molar-refractivity contribution in [1.82, 2.24) is 5.32 Å². The summed E-state index contributed by atoms with van der Waals surface area (Å²) in [6.45, 7) is 0.252. The van der Waals surface area contributed by atoms with Crippen LogP contribution in [0.4, 0.5) is 5.69 Å². The van der Waals surface area contributed by atoms with Crippen LogP contribution >= 0.6 is 11.6 Å². The average Bonchev–Trinajstić information content (AvgIpc) is 2.46. The van der Waals surface area contributed by atoms with Gasteiger partial charge in [-0.3, -0.25) is 9.59 Å². The van der Waals surface area contributed by atoms with Gasteiger partial charge in [-0.1, -0.05) is 41.9 Å². The first-order chi connectivity index (χ1) is 9.65. The van der Waals surface area contributed by atoms with Crippen molar-refractivity contribution in [3.8, 4) is 0 Å². The highest BCUT2D eigenvalue weighted by Crippen LogP contribution is 2.10. The lowest BCUT2D eigenvalue weighted by Crippen LogP contribution is -2.34. The van der Waals surface area contributed by atoms with Gasteiger partial charge in [0.05, 0.1) is 0 Å². The zero-order valence-electron chi connectivity index (χ0n) is 10.6. The molecule has 2 aromatic carbocycles. The van der Waals surface area contributed by atoms with Gasteiger partial charge in [0.1, 0.15) is 0 Å². The lowest BCUT2D eigenvalue weighted by molar-refractivity contribution is -0.136. The Balaban J connectivity index is 1.87. The van der Waals surface area contributed by atoms with Crippen molar-refractivity contribution in [3.05, 3.63) is 65.2 Å². The lowest BCUT2D eigenvalue weighted by atomic mass is 10.2. The largest absolute Gasteiger partial charge is 0.344 e. The Kier molecular flexibility index (Phi) is 4.74. The van der Waals surface area contributed by atoms with Crippen LogP contribution in [0.5, 0.6) is 0 Å². The van der Waals surface area contributed by atoms with Gasteiger partial charge in [0.2, 0.25) is 0 Å². The summed E-state index contributed by atoms with van der Waals surface area (Å²) < 4.78 is 0. The van der Waals surface area contributed by atoms with E-state index < -0.39 is 11.8 Å². The number of hydrogen-bond acceptors (Lipinski definition) is 2. The maximum Gasteiger partial charge on any atom is 0.313 e. The molecule has 20 heavy (non-hydrogen) atoms. The van der Waals surface area contributed by atoms with Gasteiger partial charge >= 0.3 is 11.8 Å². The molecule has 0 unspecified atom stereocenters. The minimum atomic E-state index is -0.696. The SMILES string of the molecule is O=C(NCc1cccc(Cl)c1)C(=O)Nc1ccccc1. The molecular formula is C15H13ClN2O2. The number of amides is 2. The monoisotopic (exact) mass is 288 g/mol. The van der Waals surface area contributed by atoms with Crippen molar-refractivity contribution >= 4 is 29.1 Å². The van der Waals surface area contributed by atoms with Gasteiger partial charge in [0, 0.05) is 17.3 Å². The Morgan fingerprint density at radius 3 is 2.40 bits per heavy atom. The van der Waals surface area contributed by atoms with E-state index in [1.807, 2.05) is 12.1 Å².